The molecular weight excluding hydrogens is 438 g/mol. The first-order valence-electron chi connectivity index (χ1n) is 10.9. The van der Waals surface area contributed by atoms with Crippen molar-refractivity contribution < 1.29 is 13.2 Å². The van der Waals surface area contributed by atoms with Crippen molar-refractivity contribution in [1.29, 1.82) is 0 Å². The number of hydrogen-bond donors (Lipinski definition) is 1. The zero-order valence-corrected chi connectivity index (χ0v) is 19.2. The number of benzene rings is 1. The monoisotopic (exact) mass is 463 g/mol. The molecule has 0 spiro atoms. The van der Waals surface area contributed by atoms with Crippen LogP contribution in [0.3, 0.4) is 0 Å². The van der Waals surface area contributed by atoms with E-state index in [-0.39, 0.29) is 17.4 Å². The van der Waals surface area contributed by atoms with E-state index in [1.165, 1.54) is 0 Å². The fourth-order valence-corrected chi connectivity index (χ4v) is 5.94. The topological polar surface area (TPSA) is 112 Å². The van der Waals surface area contributed by atoms with Gasteiger partial charge in [0.25, 0.3) is 0 Å². The van der Waals surface area contributed by atoms with E-state index < -0.39 is 9.84 Å². The predicted octanol–water partition coefficient (Wildman–Crippen LogP) is 3.83. The van der Waals surface area contributed by atoms with E-state index in [0.29, 0.717) is 47.9 Å². The van der Waals surface area contributed by atoms with Gasteiger partial charge in [-0.1, -0.05) is 24.8 Å². The number of anilines is 1. The third-order valence-electron chi connectivity index (χ3n) is 6.15. The summed E-state index contributed by atoms with van der Waals surface area (Å²) in [6.45, 7) is 6.36. The van der Waals surface area contributed by atoms with Crippen LogP contribution < -0.4 is 5.73 Å². The molecule has 0 aliphatic carbocycles. The molecule has 0 radical (unpaired) electrons. The zero-order valence-electron chi connectivity index (χ0n) is 18.4. The molecule has 1 fully saturated rings. The number of pyridine rings is 1. The fourth-order valence-electron chi connectivity index (χ4n) is 4.45. The first kappa shape index (κ1) is 21.4. The number of nitrogens with two attached hydrogens (primary N) is 1. The molecule has 4 aromatic rings. The largest absolute Gasteiger partial charge is 0.494 e. The molecule has 5 rings (SSSR count). The molecule has 3 aromatic heterocycles. The Balaban J connectivity index is 1.69. The van der Waals surface area contributed by atoms with Gasteiger partial charge in [-0.25, -0.2) is 13.4 Å². The SMILES string of the molecule is C=C(OCC)c1c(C2CCS(=O)(=O)CC2)nc2c(-c3cnc4ccccc4c3)cnn2c1N. The van der Waals surface area contributed by atoms with Crippen LogP contribution in [0.2, 0.25) is 0 Å². The number of hydrogen-bond acceptors (Lipinski definition) is 7. The summed E-state index contributed by atoms with van der Waals surface area (Å²) in [5.41, 5.74) is 11.1. The lowest BCUT2D eigenvalue weighted by molar-refractivity contribution is 0.298. The van der Waals surface area contributed by atoms with Crippen LogP contribution in [0, 0.1) is 0 Å². The number of nitrogens with zero attached hydrogens (tertiary/aromatic N) is 4. The summed E-state index contributed by atoms with van der Waals surface area (Å²) in [5, 5.41) is 5.51. The van der Waals surface area contributed by atoms with Crippen molar-refractivity contribution in [2.45, 2.75) is 25.7 Å². The number of rotatable bonds is 5. The number of aromatic nitrogens is 4. The Morgan fingerprint density at radius 3 is 2.76 bits per heavy atom. The number of nitrogen functional groups attached to an aromatic ring is 1. The van der Waals surface area contributed by atoms with Crippen molar-refractivity contribution >= 4 is 38.0 Å². The Hall–Kier alpha value is -3.46. The summed E-state index contributed by atoms with van der Waals surface area (Å²) in [7, 11) is -3.02. The lowest BCUT2D eigenvalue weighted by atomic mass is 9.94. The van der Waals surface area contributed by atoms with Gasteiger partial charge in [-0.3, -0.25) is 4.98 Å². The lowest BCUT2D eigenvalue weighted by Crippen LogP contribution is -2.24. The maximum Gasteiger partial charge on any atom is 0.165 e. The van der Waals surface area contributed by atoms with E-state index in [9.17, 15) is 8.42 Å². The standard InChI is InChI=1S/C24H25N5O3S/c1-3-32-15(2)21-22(16-8-10-33(30,31)11-9-16)28-24-19(14-27-29(24)23(21)25)18-12-17-6-4-5-7-20(17)26-13-18/h4-7,12-14,16H,2-3,8-11,25H2,1H3. The molecule has 1 aliphatic heterocycles. The second-order valence-corrected chi connectivity index (χ2v) is 10.6. The molecule has 0 unspecified atom stereocenters. The molecule has 9 heteroatoms. The number of fused-ring (bicyclic) bond motifs is 2. The summed E-state index contributed by atoms with van der Waals surface area (Å²) < 4.78 is 31.3. The van der Waals surface area contributed by atoms with Gasteiger partial charge in [0.15, 0.2) is 5.65 Å². The molecule has 1 aliphatic rings. The lowest BCUT2D eigenvalue weighted by Gasteiger charge is -2.25. The molecule has 0 amide bonds. The highest BCUT2D eigenvalue weighted by molar-refractivity contribution is 7.91. The van der Waals surface area contributed by atoms with E-state index in [2.05, 4.69) is 22.7 Å². The summed E-state index contributed by atoms with van der Waals surface area (Å²) >= 11 is 0. The molecule has 0 saturated carbocycles. The number of ether oxygens (including phenoxy) is 1. The van der Waals surface area contributed by atoms with E-state index in [0.717, 1.165) is 22.0 Å². The average Bonchev–Trinajstić information content (AvgIpc) is 3.23. The number of para-hydroxylation sites is 1. The van der Waals surface area contributed by atoms with Crippen molar-refractivity contribution in [3.8, 4) is 11.1 Å². The molecule has 0 atom stereocenters. The van der Waals surface area contributed by atoms with Gasteiger partial charge in [0.2, 0.25) is 0 Å². The first-order valence-corrected chi connectivity index (χ1v) is 12.7. The van der Waals surface area contributed by atoms with Gasteiger partial charge < -0.3 is 10.5 Å². The normalized spacial score (nSPS) is 16.3. The van der Waals surface area contributed by atoms with Crippen molar-refractivity contribution in [3.63, 3.8) is 0 Å². The molecule has 4 heterocycles. The fraction of sp³-hybridized carbons (Fsp3) is 0.292. The zero-order chi connectivity index (χ0) is 23.2. The Morgan fingerprint density at radius 2 is 2.00 bits per heavy atom. The Labute approximate surface area is 192 Å². The first-order chi connectivity index (χ1) is 15.9. The molecule has 1 saturated heterocycles. The molecule has 170 valence electrons. The second-order valence-electron chi connectivity index (χ2n) is 8.25. The maximum absolute atomic E-state index is 12.0. The Morgan fingerprint density at radius 1 is 1.24 bits per heavy atom. The van der Waals surface area contributed by atoms with Gasteiger partial charge in [-0.05, 0) is 31.9 Å². The third kappa shape index (κ3) is 3.82. The van der Waals surface area contributed by atoms with Gasteiger partial charge >= 0.3 is 0 Å². The molecule has 2 N–H and O–H groups in total. The highest BCUT2D eigenvalue weighted by Crippen LogP contribution is 2.37. The van der Waals surface area contributed by atoms with E-state index in [1.54, 1.807) is 16.9 Å². The highest BCUT2D eigenvalue weighted by Gasteiger charge is 2.31. The van der Waals surface area contributed by atoms with E-state index >= 15 is 0 Å². The molecule has 0 bridgehead atoms. The van der Waals surface area contributed by atoms with Crippen LogP contribution >= 0.6 is 0 Å². The van der Waals surface area contributed by atoms with Crippen LogP contribution in [0.1, 0.15) is 36.9 Å². The van der Waals surface area contributed by atoms with Crippen LogP contribution in [-0.4, -0.2) is 46.1 Å². The summed E-state index contributed by atoms with van der Waals surface area (Å²) in [6.07, 6.45) is 4.50. The minimum absolute atomic E-state index is 0.0643. The van der Waals surface area contributed by atoms with Crippen LogP contribution in [-0.2, 0) is 14.6 Å². The average molecular weight is 464 g/mol. The summed E-state index contributed by atoms with van der Waals surface area (Å²) in [4.78, 5) is 9.55. The smallest absolute Gasteiger partial charge is 0.165 e. The second kappa shape index (κ2) is 8.15. The van der Waals surface area contributed by atoms with Gasteiger partial charge in [0.1, 0.15) is 21.4 Å². The highest BCUT2D eigenvalue weighted by atomic mass is 32.2. The minimum Gasteiger partial charge on any atom is -0.494 e. The van der Waals surface area contributed by atoms with Crippen molar-refractivity contribution in [2.24, 2.45) is 0 Å². The quantitative estimate of drug-likeness (QED) is 0.448. The third-order valence-corrected chi connectivity index (χ3v) is 7.87. The molecule has 8 nitrogen and oxygen atoms in total. The van der Waals surface area contributed by atoms with E-state index in [1.807, 2.05) is 31.2 Å². The van der Waals surface area contributed by atoms with Crippen LogP contribution in [0.15, 0.2) is 49.3 Å². The number of sulfone groups is 1. The van der Waals surface area contributed by atoms with Crippen LogP contribution in [0.4, 0.5) is 5.82 Å². The summed E-state index contributed by atoms with van der Waals surface area (Å²) in [6, 6.07) is 9.96. The van der Waals surface area contributed by atoms with Crippen molar-refractivity contribution in [3.05, 3.63) is 60.6 Å². The van der Waals surface area contributed by atoms with Gasteiger partial charge in [-0.2, -0.15) is 9.61 Å². The maximum atomic E-state index is 12.0. The molecule has 1 aromatic carbocycles. The van der Waals surface area contributed by atoms with Crippen molar-refractivity contribution in [2.75, 3.05) is 23.8 Å². The summed E-state index contributed by atoms with van der Waals surface area (Å²) in [5.74, 6) is 0.988. The van der Waals surface area contributed by atoms with Crippen molar-refractivity contribution in [1.82, 2.24) is 19.6 Å². The van der Waals surface area contributed by atoms with Crippen LogP contribution in [0.5, 0.6) is 0 Å². The van der Waals surface area contributed by atoms with Gasteiger partial charge in [-0.15, -0.1) is 0 Å². The Bertz CT molecular complexity index is 1480. The Kier molecular flexibility index (Phi) is 5.28. The van der Waals surface area contributed by atoms with Gasteiger partial charge in [0, 0.05) is 28.6 Å². The molecular formula is C24H25N5O3S. The van der Waals surface area contributed by atoms with E-state index in [4.69, 9.17) is 15.5 Å². The van der Waals surface area contributed by atoms with Gasteiger partial charge in [0.05, 0.1) is 41.1 Å². The van der Waals surface area contributed by atoms with Crippen LogP contribution in [0.25, 0.3) is 33.4 Å². The predicted molar refractivity (Wildman–Crippen MR) is 129 cm³/mol. The minimum atomic E-state index is -3.02. The molecule has 33 heavy (non-hydrogen) atoms.